The van der Waals surface area contributed by atoms with Gasteiger partial charge in [0.15, 0.2) is 0 Å². The van der Waals surface area contributed by atoms with Crippen molar-refractivity contribution in [3.05, 3.63) is 174 Å². The minimum absolute atomic E-state index is 0.00926. The van der Waals surface area contributed by atoms with E-state index >= 15 is 0 Å². The zero-order valence-corrected chi connectivity index (χ0v) is 23.1. The van der Waals surface area contributed by atoms with Gasteiger partial charge in [-0.1, -0.05) is 139 Å². The fraction of sp³-hybridized carbons (Fsp3) is 0.0476. The lowest BCUT2D eigenvalue weighted by molar-refractivity contribution is 0.668. The third-order valence-corrected chi connectivity index (χ3v) is 8.77. The molecule has 7 aromatic rings. The van der Waals surface area contributed by atoms with Crippen LogP contribution in [0.25, 0.3) is 60.2 Å². The monoisotopic (exact) mass is 554 g/mol. The first kappa shape index (κ1) is 18.9. The molecule has 0 N–H and O–H groups in total. The van der Waals surface area contributed by atoms with E-state index in [1.54, 1.807) is 0 Å². The van der Waals surface area contributed by atoms with Crippen LogP contribution < -0.4 is 0 Å². The van der Waals surface area contributed by atoms with E-state index in [9.17, 15) is 5.48 Å². The summed E-state index contributed by atoms with van der Waals surface area (Å²) < 4.78 is 61.5. The standard InChI is InChI=1S/C42H28O/c1-2-12-27(13-3-1)41-34-17-6-8-19-36(34)42(37-20-9-7-18-35(37)41)38-25-24-29(30-14-4-5-15-31(30)38)28-22-23-33-32-16-10-11-21-39(32)43-40(33)26-28/h1-26,31,38H/i4D,5D,14D,15D,24D,25D. The van der Waals surface area contributed by atoms with E-state index in [0.717, 1.165) is 54.6 Å². The van der Waals surface area contributed by atoms with Crippen LogP contribution in [0, 0.1) is 5.92 Å². The lowest BCUT2D eigenvalue weighted by atomic mass is 9.70. The Morgan fingerprint density at radius 1 is 0.488 bits per heavy atom. The van der Waals surface area contributed by atoms with E-state index in [-0.39, 0.29) is 36.3 Å². The maximum Gasteiger partial charge on any atom is 0.136 e. The summed E-state index contributed by atoms with van der Waals surface area (Å²) in [5, 5.41) is 5.61. The number of furan rings is 1. The summed E-state index contributed by atoms with van der Waals surface area (Å²) in [4.78, 5) is 0. The molecule has 1 aromatic heterocycles. The minimum atomic E-state index is -0.925. The van der Waals surface area contributed by atoms with E-state index in [0.29, 0.717) is 22.3 Å². The van der Waals surface area contributed by atoms with Gasteiger partial charge in [0.2, 0.25) is 0 Å². The average Bonchev–Trinajstić information content (AvgIpc) is 3.51. The van der Waals surface area contributed by atoms with Crippen LogP contribution in [0.2, 0.25) is 0 Å². The highest BCUT2D eigenvalue weighted by Gasteiger charge is 2.31. The topological polar surface area (TPSA) is 13.1 Å². The van der Waals surface area contributed by atoms with E-state index in [1.165, 1.54) is 0 Å². The maximum atomic E-state index is 9.71. The number of allylic oxidation sites excluding steroid dienone is 8. The van der Waals surface area contributed by atoms with Gasteiger partial charge >= 0.3 is 0 Å². The fourth-order valence-corrected chi connectivity index (χ4v) is 6.89. The Kier molecular flexibility index (Phi) is 4.21. The minimum Gasteiger partial charge on any atom is -0.456 e. The van der Waals surface area contributed by atoms with Crippen LogP contribution in [-0.2, 0) is 0 Å². The molecule has 1 nitrogen and oxygen atoms in total. The van der Waals surface area contributed by atoms with Gasteiger partial charge in [-0.25, -0.2) is 0 Å². The lowest BCUT2D eigenvalue weighted by Crippen LogP contribution is -2.17. The molecule has 0 bridgehead atoms. The molecule has 43 heavy (non-hydrogen) atoms. The molecule has 2 aliphatic carbocycles. The highest BCUT2D eigenvalue weighted by molar-refractivity contribution is 6.15. The molecule has 6 aromatic carbocycles. The van der Waals surface area contributed by atoms with Crippen LogP contribution >= 0.6 is 0 Å². The van der Waals surface area contributed by atoms with Gasteiger partial charge in [0, 0.05) is 22.6 Å². The number of benzene rings is 6. The zero-order chi connectivity index (χ0) is 33.6. The third-order valence-electron chi connectivity index (χ3n) is 8.77. The number of fused-ring (bicyclic) bond motifs is 6. The van der Waals surface area contributed by atoms with Gasteiger partial charge in [0.25, 0.3) is 0 Å². The summed E-state index contributed by atoms with van der Waals surface area (Å²) >= 11 is 0. The van der Waals surface area contributed by atoms with Crippen molar-refractivity contribution in [2.24, 2.45) is 5.92 Å². The van der Waals surface area contributed by atoms with Gasteiger partial charge < -0.3 is 4.42 Å². The predicted octanol–water partition coefficient (Wildman–Crippen LogP) is 11.4. The molecule has 2 atom stereocenters. The summed E-state index contributed by atoms with van der Waals surface area (Å²) in [7, 11) is 0. The molecular weight excluding hydrogens is 520 g/mol. The van der Waals surface area contributed by atoms with Gasteiger partial charge in [-0.3, -0.25) is 0 Å². The molecule has 202 valence electrons. The highest BCUT2D eigenvalue weighted by Crippen LogP contribution is 2.49. The molecule has 2 aliphatic rings. The normalized spacial score (nSPS) is 21.2. The Balaban J connectivity index is 1.36. The first-order valence-electron chi connectivity index (χ1n) is 17.5. The summed E-state index contributed by atoms with van der Waals surface area (Å²) in [6, 6.07) is 38.6. The van der Waals surface area contributed by atoms with Crippen molar-refractivity contribution in [1.82, 2.24) is 0 Å². The largest absolute Gasteiger partial charge is 0.456 e. The molecule has 0 saturated heterocycles. The van der Waals surface area contributed by atoms with Crippen molar-refractivity contribution in [2.75, 3.05) is 0 Å². The van der Waals surface area contributed by atoms with Crippen LogP contribution in [-0.4, -0.2) is 0 Å². The SMILES string of the molecule is [2H]C1=C([2H])C2=C(c3ccc4c(c3)oc3ccccc34)C([2H])=C([2H])C(c3c4ccccc4c(-c4ccccc4)c4ccccc34)C2C([2H])=C1[2H]. The fourth-order valence-electron chi connectivity index (χ4n) is 6.89. The molecule has 2 unspecified atom stereocenters. The molecule has 1 heterocycles. The van der Waals surface area contributed by atoms with Gasteiger partial charge in [-0.15, -0.1) is 0 Å². The Morgan fingerprint density at radius 3 is 1.91 bits per heavy atom. The number of para-hydroxylation sites is 1. The van der Waals surface area contributed by atoms with Crippen LogP contribution in [0.1, 0.15) is 25.3 Å². The molecule has 1 heteroatoms. The van der Waals surface area contributed by atoms with Crippen LogP contribution in [0.3, 0.4) is 0 Å². The third kappa shape index (κ3) is 3.72. The molecule has 0 spiro atoms. The van der Waals surface area contributed by atoms with E-state index in [1.807, 2.05) is 97.1 Å². The Morgan fingerprint density at radius 2 is 1.14 bits per heavy atom. The molecule has 9 rings (SSSR count). The Hall–Kier alpha value is -5.40. The number of rotatable bonds is 3. The van der Waals surface area contributed by atoms with Crippen molar-refractivity contribution in [2.45, 2.75) is 5.92 Å². The zero-order valence-electron chi connectivity index (χ0n) is 29.1. The van der Waals surface area contributed by atoms with Crippen molar-refractivity contribution in [1.29, 1.82) is 0 Å². The second-order valence-corrected chi connectivity index (χ2v) is 11.1. The first-order valence-corrected chi connectivity index (χ1v) is 14.5. The molecule has 0 fully saturated rings. The lowest BCUT2D eigenvalue weighted by Gasteiger charge is -2.33. The van der Waals surface area contributed by atoms with E-state index in [4.69, 9.17) is 7.16 Å². The quantitative estimate of drug-likeness (QED) is 0.198. The van der Waals surface area contributed by atoms with Crippen molar-refractivity contribution >= 4 is 49.1 Å². The summed E-state index contributed by atoms with van der Waals surface area (Å²) in [5.41, 5.74) is 5.48. The van der Waals surface area contributed by atoms with E-state index < -0.39 is 11.8 Å². The second-order valence-electron chi connectivity index (χ2n) is 11.1. The Labute approximate surface area is 258 Å². The summed E-state index contributed by atoms with van der Waals surface area (Å²) in [6.45, 7) is 0. The van der Waals surface area contributed by atoms with Crippen LogP contribution in [0.5, 0.6) is 0 Å². The van der Waals surface area contributed by atoms with Gasteiger partial charge in [0.05, 0.1) is 8.22 Å². The number of hydrogen-bond donors (Lipinski definition) is 0. The first-order chi connectivity index (χ1) is 23.8. The van der Waals surface area contributed by atoms with Gasteiger partial charge in [-0.05, 0) is 73.1 Å². The molecule has 0 aliphatic heterocycles. The Bertz CT molecular complexity index is 2620. The molecule has 0 saturated carbocycles. The molecule has 0 amide bonds. The predicted molar refractivity (Wildman–Crippen MR) is 181 cm³/mol. The average molecular weight is 555 g/mol. The van der Waals surface area contributed by atoms with E-state index in [2.05, 4.69) is 24.3 Å². The molecular formula is C42H28O. The van der Waals surface area contributed by atoms with Gasteiger partial charge in [0.1, 0.15) is 11.2 Å². The smallest absolute Gasteiger partial charge is 0.136 e. The van der Waals surface area contributed by atoms with Crippen molar-refractivity contribution < 1.29 is 12.6 Å². The maximum absolute atomic E-state index is 9.71. The summed E-state index contributed by atoms with van der Waals surface area (Å²) in [6.07, 6.45) is 0. The van der Waals surface area contributed by atoms with Crippen LogP contribution in [0.15, 0.2) is 168 Å². The second kappa shape index (κ2) is 9.58. The van der Waals surface area contributed by atoms with Crippen LogP contribution in [0.4, 0.5) is 0 Å². The van der Waals surface area contributed by atoms with Crippen molar-refractivity contribution in [3.8, 4) is 11.1 Å². The van der Waals surface area contributed by atoms with Crippen molar-refractivity contribution in [3.63, 3.8) is 0 Å². The molecule has 0 radical (unpaired) electrons. The summed E-state index contributed by atoms with van der Waals surface area (Å²) in [5.74, 6) is -1.77. The number of hydrogen-bond acceptors (Lipinski definition) is 1. The van der Waals surface area contributed by atoms with Gasteiger partial charge in [-0.2, -0.15) is 0 Å². The highest BCUT2D eigenvalue weighted by atomic mass is 16.3.